The zero-order valence-corrected chi connectivity index (χ0v) is 6.49. The molecule has 4 nitrogen and oxygen atoms in total. The third-order valence-electron chi connectivity index (χ3n) is 1.43. The molecule has 0 bridgehead atoms. The number of H-pyrrole nitrogens is 1. The van der Waals surface area contributed by atoms with Crippen LogP contribution in [0.3, 0.4) is 0 Å². The van der Waals surface area contributed by atoms with Gasteiger partial charge in [0.25, 0.3) is 0 Å². The second-order valence-electron chi connectivity index (χ2n) is 2.39. The number of aromatic amines is 1. The summed E-state index contributed by atoms with van der Waals surface area (Å²) in [7, 11) is 0. The Morgan fingerprint density at radius 2 is 1.33 bits per heavy atom. The van der Waals surface area contributed by atoms with Gasteiger partial charge in [-0.1, -0.05) is 5.21 Å². The minimum atomic E-state index is -6.21. The van der Waals surface area contributed by atoms with Gasteiger partial charge in [0, 0.05) is 0 Å². The first kappa shape index (κ1) is 11.7. The molecule has 11 heteroatoms. The molecule has 86 valence electrons. The maximum Gasteiger partial charge on any atom is 0.439 e. The number of rotatable bonds is 1. The molecule has 0 aliphatic heterocycles. The van der Waals surface area contributed by atoms with Crippen molar-refractivity contribution in [2.75, 3.05) is 0 Å². The number of hydrogen-bond donors (Lipinski definition) is 1. The molecule has 1 aromatic heterocycles. The van der Waals surface area contributed by atoms with Gasteiger partial charge in [0.15, 0.2) is 0 Å². The molecule has 1 rings (SSSR count). The van der Waals surface area contributed by atoms with E-state index in [1.165, 1.54) is 5.21 Å². The summed E-state index contributed by atoms with van der Waals surface area (Å²) in [5.74, 6) is -2.12. The summed E-state index contributed by atoms with van der Waals surface area (Å²) in [6.07, 6.45) is -12.4. The third kappa shape index (κ3) is 1.61. The van der Waals surface area contributed by atoms with Gasteiger partial charge in [-0.25, -0.2) is 4.39 Å². The molecule has 0 radical (unpaired) electrons. The van der Waals surface area contributed by atoms with Crippen LogP contribution in [0.5, 0.6) is 0 Å². The topological polar surface area (TPSA) is 54.5 Å². The van der Waals surface area contributed by atoms with Crippen LogP contribution in [0.25, 0.3) is 0 Å². The number of nitrogens with one attached hydrogen (secondary N) is 1. The first-order chi connectivity index (χ1) is 6.61. The zero-order chi connectivity index (χ0) is 11.9. The van der Waals surface area contributed by atoms with E-state index in [4.69, 9.17) is 0 Å². The summed E-state index contributed by atoms with van der Waals surface area (Å²) in [6.45, 7) is 0. The molecule has 0 fully saturated rings. The summed E-state index contributed by atoms with van der Waals surface area (Å²) in [4.78, 5) is 0. The Balaban J connectivity index is 3.33. The van der Waals surface area contributed by atoms with Gasteiger partial charge in [0.05, 0.1) is 0 Å². The van der Waals surface area contributed by atoms with Gasteiger partial charge in [-0.05, 0) is 0 Å². The van der Waals surface area contributed by atoms with E-state index >= 15 is 0 Å². The molecule has 1 heterocycles. The Bertz CT molecular complexity index is 310. The van der Waals surface area contributed by atoms with E-state index in [0.717, 1.165) is 0 Å². The molecular formula is C4HF7N4. The number of aromatic nitrogens is 4. The summed E-state index contributed by atoms with van der Waals surface area (Å²) in [5, 5.41) is 8.47. The Hall–Kier alpha value is -1.42. The second-order valence-corrected chi connectivity index (χ2v) is 2.39. The Morgan fingerprint density at radius 1 is 0.867 bits per heavy atom. The highest BCUT2D eigenvalue weighted by Crippen LogP contribution is 2.51. The summed E-state index contributed by atoms with van der Waals surface area (Å²) < 4.78 is 84.6. The number of tetrazole rings is 1. The lowest BCUT2D eigenvalue weighted by Gasteiger charge is -2.26. The summed E-state index contributed by atoms with van der Waals surface area (Å²) in [6, 6.07) is 0. The van der Waals surface area contributed by atoms with Gasteiger partial charge in [-0.2, -0.15) is 31.6 Å². The lowest BCUT2D eigenvalue weighted by Crippen LogP contribution is -2.51. The number of halogens is 7. The minimum Gasteiger partial charge on any atom is -0.214 e. The Labute approximate surface area is 76.5 Å². The van der Waals surface area contributed by atoms with Crippen molar-refractivity contribution in [3.8, 4) is 0 Å². The third-order valence-corrected chi connectivity index (χ3v) is 1.43. The molecule has 0 aliphatic carbocycles. The lowest BCUT2D eigenvalue weighted by molar-refractivity contribution is -0.351. The molecule has 15 heavy (non-hydrogen) atoms. The van der Waals surface area contributed by atoms with Gasteiger partial charge in [0.1, 0.15) is 0 Å². The van der Waals surface area contributed by atoms with E-state index in [1.54, 1.807) is 0 Å². The monoisotopic (exact) mass is 238 g/mol. The van der Waals surface area contributed by atoms with E-state index in [9.17, 15) is 30.7 Å². The SMILES string of the molecule is FC(F)(F)C(F)(c1nn[nH]n1)C(F)(F)F. The van der Waals surface area contributed by atoms with Gasteiger partial charge >= 0.3 is 18.0 Å². The quantitative estimate of drug-likeness (QED) is 0.754. The molecule has 0 aliphatic rings. The maximum atomic E-state index is 12.9. The van der Waals surface area contributed by atoms with Gasteiger partial charge in [0.2, 0.25) is 5.82 Å². The highest BCUT2D eigenvalue weighted by Gasteiger charge is 2.76. The number of hydrogen-bond acceptors (Lipinski definition) is 3. The van der Waals surface area contributed by atoms with Crippen LogP contribution in [0.1, 0.15) is 5.82 Å². The first-order valence-electron chi connectivity index (χ1n) is 3.17. The van der Waals surface area contributed by atoms with Crippen molar-refractivity contribution in [2.45, 2.75) is 18.0 Å². The molecule has 0 atom stereocenters. The van der Waals surface area contributed by atoms with Crippen LogP contribution in [-0.4, -0.2) is 33.0 Å². The predicted molar refractivity (Wildman–Crippen MR) is 29.1 cm³/mol. The van der Waals surface area contributed by atoms with Crippen molar-refractivity contribution in [3.63, 3.8) is 0 Å². The zero-order valence-electron chi connectivity index (χ0n) is 6.49. The fraction of sp³-hybridized carbons (Fsp3) is 0.750. The van der Waals surface area contributed by atoms with Crippen LogP contribution in [0.2, 0.25) is 0 Å². The summed E-state index contributed by atoms with van der Waals surface area (Å²) in [5.41, 5.74) is -5.62. The van der Waals surface area contributed by atoms with E-state index in [1.807, 2.05) is 0 Å². The highest BCUT2D eigenvalue weighted by atomic mass is 19.4. The molecule has 1 N–H and O–H groups in total. The van der Waals surface area contributed by atoms with Crippen molar-refractivity contribution >= 4 is 0 Å². The van der Waals surface area contributed by atoms with Crippen LogP contribution < -0.4 is 0 Å². The van der Waals surface area contributed by atoms with Crippen molar-refractivity contribution in [2.24, 2.45) is 0 Å². The summed E-state index contributed by atoms with van der Waals surface area (Å²) >= 11 is 0. The van der Waals surface area contributed by atoms with Crippen LogP contribution in [0.15, 0.2) is 0 Å². The average Bonchev–Trinajstić information content (AvgIpc) is 2.49. The minimum absolute atomic E-state index is 1.33. The largest absolute Gasteiger partial charge is 0.439 e. The molecule has 0 spiro atoms. The van der Waals surface area contributed by atoms with Crippen molar-refractivity contribution < 1.29 is 30.7 Å². The van der Waals surface area contributed by atoms with Gasteiger partial charge in [-0.15, -0.1) is 10.2 Å². The Morgan fingerprint density at radius 3 is 1.60 bits per heavy atom. The van der Waals surface area contributed by atoms with E-state index in [-0.39, 0.29) is 0 Å². The van der Waals surface area contributed by atoms with Crippen LogP contribution in [0, 0.1) is 0 Å². The second kappa shape index (κ2) is 3.03. The Kier molecular flexibility index (Phi) is 2.36. The first-order valence-corrected chi connectivity index (χ1v) is 3.17. The maximum absolute atomic E-state index is 12.9. The highest BCUT2D eigenvalue weighted by molar-refractivity contribution is 5.07. The number of alkyl halides is 7. The normalized spacial score (nSPS) is 14.3. The van der Waals surface area contributed by atoms with Crippen LogP contribution >= 0.6 is 0 Å². The fourth-order valence-electron chi connectivity index (χ4n) is 0.722. The van der Waals surface area contributed by atoms with Crippen molar-refractivity contribution in [1.29, 1.82) is 0 Å². The standard InChI is InChI=1S/C4HF7N4/c5-2(3(6,7)8,4(9,10)11)1-12-14-15-13-1/h(H,12,13,14,15). The average molecular weight is 238 g/mol. The molecule has 0 amide bonds. The fourth-order valence-corrected chi connectivity index (χ4v) is 0.722. The molecule has 1 aromatic rings. The van der Waals surface area contributed by atoms with Crippen LogP contribution in [0.4, 0.5) is 30.7 Å². The molecule has 0 saturated heterocycles. The lowest BCUT2D eigenvalue weighted by atomic mass is 10.1. The van der Waals surface area contributed by atoms with E-state index < -0.39 is 23.8 Å². The van der Waals surface area contributed by atoms with Gasteiger partial charge < -0.3 is 0 Å². The molecule has 0 unspecified atom stereocenters. The van der Waals surface area contributed by atoms with Crippen molar-refractivity contribution in [3.05, 3.63) is 5.82 Å². The van der Waals surface area contributed by atoms with Crippen molar-refractivity contribution in [1.82, 2.24) is 20.6 Å². The smallest absolute Gasteiger partial charge is 0.214 e. The predicted octanol–water partition coefficient (Wildman–Crippen LogP) is 1.49. The van der Waals surface area contributed by atoms with E-state index in [2.05, 4.69) is 15.4 Å². The molecular weight excluding hydrogens is 237 g/mol. The van der Waals surface area contributed by atoms with Crippen LogP contribution in [-0.2, 0) is 5.67 Å². The number of nitrogens with zero attached hydrogens (tertiary/aromatic N) is 3. The molecule has 0 saturated carbocycles. The molecule has 0 aromatic carbocycles. The van der Waals surface area contributed by atoms with Gasteiger partial charge in [-0.3, -0.25) is 0 Å². The van der Waals surface area contributed by atoms with E-state index in [0.29, 0.717) is 0 Å².